The minimum absolute atomic E-state index is 0.147. The van der Waals surface area contributed by atoms with Crippen molar-refractivity contribution in [1.29, 1.82) is 0 Å². The molecular weight excluding hydrogens is 302 g/mol. The number of sulfonamides is 1. The standard InChI is InChI=1S/C15H25N3O3S/c1-5-18(22(4,20)21)11-7-10-16-15(19)13-8-6-9-14(12-13)17(2)3/h6,8-9,12H,5,7,10-11H2,1-4H3,(H,16,19). The van der Waals surface area contributed by atoms with Gasteiger partial charge in [0.2, 0.25) is 10.0 Å². The van der Waals surface area contributed by atoms with Crippen LogP contribution >= 0.6 is 0 Å². The maximum Gasteiger partial charge on any atom is 0.251 e. The number of amides is 1. The average Bonchev–Trinajstić information content (AvgIpc) is 2.45. The van der Waals surface area contributed by atoms with Crippen molar-refractivity contribution in [3.8, 4) is 0 Å². The van der Waals surface area contributed by atoms with Crippen LogP contribution in [0.4, 0.5) is 5.69 Å². The van der Waals surface area contributed by atoms with Gasteiger partial charge in [0.25, 0.3) is 5.91 Å². The first-order valence-corrected chi connectivity index (χ1v) is 9.11. The van der Waals surface area contributed by atoms with Crippen molar-refractivity contribution in [2.45, 2.75) is 13.3 Å². The minimum atomic E-state index is -3.17. The number of hydrogen-bond donors (Lipinski definition) is 1. The zero-order chi connectivity index (χ0) is 16.8. The Morgan fingerprint density at radius 3 is 2.50 bits per heavy atom. The Kier molecular flexibility index (Phi) is 6.83. The number of rotatable bonds is 8. The molecule has 0 aliphatic rings. The van der Waals surface area contributed by atoms with E-state index in [-0.39, 0.29) is 5.91 Å². The molecule has 0 heterocycles. The molecule has 22 heavy (non-hydrogen) atoms. The quantitative estimate of drug-likeness (QED) is 0.727. The van der Waals surface area contributed by atoms with Crippen LogP contribution in [0.2, 0.25) is 0 Å². The van der Waals surface area contributed by atoms with Gasteiger partial charge in [-0.15, -0.1) is 0 Å². The maximum atomic E-state index is 12.1. The minimum Gasteiger partial charge on any atom is -0.378 e. The summed E-state index contributed by atoms with van der Waals surface area (Å²) in [5.41, 5.74) is 1.56. The number of carbonyl (C=O) groups is 1. The molecule has 0 saturated carbocycles. The summed E-state index contributed by atoms with van der Waals surface area (Å²) in [7, 11) is 0.668. The van der Waals surface area contributed by atoms with Gasteiger partial charge >= 0.3 is 0 Å². The van der Waals surface area contributed by atoms with Gasteiger partial charge < -0.3 is 10.2 Å². The van der Waals surface area contributed by atoms with E-state index in [1.165, 1.54) is 10.6 Å². The molecule has 1 rings (SSSR count). The van der Waals surface area contributed by atoms with Crippen LogP contribution < -0.4 is 10.2 Å². The zero-order valence-electron chi connectivity index (χ0n) is 13.7. The van der Waals surface area contributed by atoms with Crippen LogP contribution in [0.3, 0.4) is 0 Å². The Labute approximate surface area is 133 Å². The van der Waals surface area contributed by atoms with E-state index in [4.69, 9.17) is 0 Å². The second kappa shape index (κ2) is 8.14. The number of anilines is 1. The second-order valence-corrected chi connectivity index (χ2v) is 7.29. The summed E-state index contributed by atoms with van der Waals surface area (Å²) in [5.74, 6) is -0.147. The van der Waals surface area contributed by atoms with Crippen LogP contribution in [-0.2, 0) is 10.0 Å². The molecule has 0 atom stereocenters. The summed E-state index contributed by atoms with van der Waals surface area (Å²) in [6, 6.07) is 7.36. The Balaban J connectivity index is 2.48. The van der Waals surface area contributed by atoms with E-state index in [9.17, 15) is 13.2 Å². The third-order valence-electron chi connectivity index (χ3n) is 3.32. The molecule has 0 unspecified atom stereocenters. The zero-order valence-corrected chi connectivity index (χ0v) is 14.5. The lowest BCUT2D eigenvalue weighted by Crippen LogP contribution is -2.33. The lowest BCUT2D eigenvalue weighted by molar-refractivity contribution is 0.0953. The van der Waals surface area contributed by atoms with E-state index in [1.54, 1.807) is 13.0 Å². The van der Waals surface area contributed by atoms with E-state index in [0.29, 0.717) is 31.6 Å². The van der Waals surface area contributed by atoms with E-state index < -0.39 is 10.0 Å². The van der Waals surface area contributed by atoms with Crippen LogP contribution in [0.15, 0.2) is 24.3 Å². The molecule has 124 valence electrons. The first-order valence-electron chi connectivity index (χ1n) is 7.26. The number of hydrogen-bond acceptors (Lipinski definition) is 4. The third-order valence-corrected chi connectivity index (χ3v) is 4.70. The summed E-state index contributed by atoms with van der Waals surface area (Å²) in [6.07, 6.45) is 1.78. The second-order valence-electron chi connectivity index (χ2n) is 5.31. The lowest BCUT2D eigenvalue weighted by Gasteiger charge is -2.17. The van der Waals surface area contributed by atoms with Crippen molar-refractivity contribution in [3.63, 3.8) is 0 Å². The molecular formula is C15H25N3O3S. The van der Waals surface area contributed by atoms with E-state index >= 15 is 0 Å². The molecule has 0 aliphatic heterocycles. The number of benzene rings is 1. The smallest absolute Gasteiger partial charge is 0.251 e. The van der Waals surface area contributed by atoms with E-state index in [0.717, 1.165) is 5.69 Å². The van der Waals surface area contributed by atoms with Gasteiger partial charge in [-0.3, -0.25) is 4.79 Å². The van der Waals surface area contributed by atoms with Gasteiger partial charge in [-0.2, -0.15) is 0 Å². The highest BCUT2D eigenvalue weighted by atomic mass is 32.2. The normalized spacial score (nSPS) is 11.5. The monoisotopic (exact) mass is 327 g/mol. The van der Waals surface area contributed by atoms with E-state index in [2.05, 4.69) is 5.32 Å². The van der Waals surface area contributed by atoms with Crippen molar-refractivity contribution in [2.24, 2.45) is 0 Å². The summed E-state index contributed by atoms with van der Waals surface area (Å²) in [5, 5.41) is 2.82. The molecule has 1 N–H and O–H groups in total. The van der Waals surface area contributed by atoms with Gasteiger partial charge in [0.15, 0.2) is 0 Å². The first-order chi connectivity index (χ1) is 10.3. The third kappa shape index (κ3) is 5.65. The Bertz CT molecular complexity index is 600. The fourth-order valence-electron chi connectivity index (χ4n) is 2.04. The van der Waals surface area contributed by atoms with Crippen LogP contribution in [0, 0.1) is 0 Å². The van der Waals surface area contributed by atoms with Crippen molar-refractivity contribution in [1.82, 2.24) is 9.62 Å². The van der Waals surface area contributed by atoms with Crippen LogP contribution in [0.5, 0.6) is 0 Å². The van der Waals surface area contributed by atoms with Gasteiger partial charge in [0, 0.05) is 45.0 Å². The first kappa shape index (κ1) is 18.4. The van der Waals surface area contributed by atoms with Crippen LogP contribution in [-0.4, -0.2) is 58.6 Å². The van der Waals surface area contributed by atoms with Gasteiger partial charge in [-0.1, -0.05) is 13.0 Å². The van der Waals surface area contributed by atoms with Crippen LogP contribution in [0.25, 0.3) is 0 Å². The van der Waals surface area contributed by atoms with Crippen molar-refractivity contribution >= 4 is 21.6 Å². The fraction of sp³-hybridized carbons (Fsp3) is 0.533. The van der Waals surface area contributed by atoms with Gasteiger partial charge in [0.1, 0.15) is 0 Å². The van der Waals surface area contributed by atoms with Gasteiger partial charge in [-0.05, 0) is 24.6 Å². The predicted octanol–water partition coefficient (Wildman–Crippen LogP) is 1.15. The largest absolute Gasteiger partial charge is 0.378 e. The number of nitrogens with zero attached hydrogens (tertiary/aromatic N) is 2. The molecule has 0 bridgehead atoms. The molecule has 1 aromatic carbocycles. The van der Waals surface area contributed by atoms with Crippen molar-refractivity contribution in [2.75, 3.05) is 44.9 Å². The Morgan fingerprint density at radius 2 is 1.95 bits per heavy atom. The summed E-state index contributed by atoms with van der Waals surface area (Å²) >= 11 is 0. The van der Waals surface area contributed by atoms with Crippen molar-refractivity contribution in [3.05, 3.63) is 29.8 Å². The predicted molar refractivity (Wildman–Crippen MR) is 89.8 cm³/mol. The highest BCUT2D eigenvalue weighted by molar-refractivity contribution is 7.88. The molecule has 0 aliphatic carbocycles. The Hall–Kier alpha value is -1.60. The molecule has 7 heteroatoms. The van der Waals surface area contributed by atoms with E-state index in [1.807, 2.05) is 37.2 Å². The average molecular weight is 327 g/mol. The highest BCUT2D eigenvalue weighted by Gasteiger charge is 2.13. The molecule has 0 spiro atoms. The molecule has 0 radical (unpaired) electrons. The summed E-state index contributed by atoms with van der Waals surface area (Å²) < 4.78 is 24.3. The lowest BCUT2D eigenvalue weighted by atomic mass is 10.2. The van der Waals surface area contributed by atoms with Gasteiger partial charge in [-0.25, -0.2) is 12.7 Å². The number of carbonyl (C=O) groups excluding carboxylic acids is 1. The SMILES string of the molecule is CCN(CCCNC(=O)c1cccc(N(C)C)c1)S(C)(=O)=O. The molecule has 1 amide bonds. The van der Waals surface area contributed by atoms with Crippen LogP contribution in [0.1, 0.15) is 23.7 Å². The fourth-order valence-corrected chi connectivity index (χ4v) is 2.97. The molecule has 0 aromatic heterocycles. The number of nitrogens with one attached hydrogen (secondary N) is 1. The maximum absolute atomic E-state index is 12.1. The molecule has 6 nitrogen and oxygen atoms in total. The summed E-state index contributed by atoms with van der Waals surface area (Å²) in [4.78, 5) is 14.0. The molecule has 0 fully saturated rings. The molecule has 0 saturated heterocycles. The topological polar surface area (TPSA) is 69.7 Å². The van der Waals surface area contributed by atoms with Crippen molar-refractivity contribution < 1.29 is 13.2 Å². The molecule has 1 aromatic rings. The Morgan fingerprint density at radius 1 is 1.27 bits per heavy atom. The van der Waals surface area contributed by atoms with Gasteiger partial charge in [0.05, 0.1) is 6.26 Å². The highest BCUT2D eigenvalue weighted by Crippen LogP contribution is 2.13. The summed E-state index contributed by atoms with van der Waals surface area (Å²) in [6.45, 7) is 3.09.